The number of hydrogen-bond acceptors (Lipinski definition) is 5. The molecule has 2 amide bonds. The first-order valence-electron chi connectivity index (χ1n) is 9.89. The van der Waals surface area contributed by atoms with Gasteiger partial charge in [0.2, 0.25) is 0 Å². The van der Waals surface area contributed by atoms with Crippen molar-refractivity contribution in [3.05, 3.63) is 59.9 Å². The van der Waals surface area contributed by atoms with Crippen LogP contribution in [0.1, 0.15) is 18.2 Å². The van der Waals surface area contributed by atoms with Gasteiger partial charge in [-0.25, -0.2) is 9.48 Å². The molecule has 0 radical (unpaired) electrons. The van der Waals surface area contributed by atoms with Gasteiger partial charge in [0.25, 0.3) is 0 Å². The second kappa shape index (κ2) is 8.30. The molecule has 4 rings (SSSR count). The van der Waals surface area contributed by atoms with Gasteiger partial charge < -0.3 is 15.1 Å². The largest absolute Gasteiger partial charge is 0.352 e. The van der Waals surface area contributed by atoms with Crippen LogP contribution in [-0.4, -0.2) is 57.1 Å². The van der Waals surface area contributed by atoms with Gasteiger partial charge in [0.1, 0.15) is 0 Å². The molecule has 2 aromatic heterocycles. The van der Waals surface area contributed by atoms with Gasteiger partial charge in [-0.3, -0.25) is 0 Å². The maximum Gasteiger partial charge on any atom is 0.321 e. The summed E-state index contributed by atoms with van der Waals surface area (Å²) in [4.78, 5) is 16.6. The van der Waals surface area contributed by atoms with Crippen molar-refractivity contribution in [2.45, 2.75) is 20.3 Å². The summed E-state index contributed by atoms with van der Waals surface area (Å²) in [5, 5.41) is 16.0. The molecule has 0 spiro atoms. The highest BCUT2D eigenvalue weighted by Gasteiger charge is 2.22. The Kier molecular flexibility index (Phi) is 5.41. The molecule has 150 valence electrons. The lowest BCUT2D eigenvalue weighted by atomic mass is 10.1. The normalized spacial score (nSPS) is 14.1. The van der Waals surface area contributed by atoms with Crippen molar-refractivity contribution in [1.29, 1.82) is 0 Å². The molecule has 1 aromatic carbocycles. The van der Waals surface area contributed by atoms with E-state index in [4.69, 9.17) is 0 Å². The Morgan fingerprint density at radius 2 is 1.72 bits per heavy atom. The van der Waals surface area contributed by atoms with Crippen LogP contribution in [0.5, 0.6) is 0 Å². The summed E-state index contributed by atoms with van der Waals surface area (Å²) in [6.45, 7) is 6.75. The van der Waals surface area contributed by atoms with Crippen molar-refractivity contribution in [2.24, 2.45) is 0 Å². The summed E-state index contributed by atoms with van der Waals surface area (Å²) in [5.41, 5.74) is 2.96. The molecule has 0 unspecified atom stereocenters. The van der Waals surface area contributed by atoms with Crippen molar-refractivity contribution in [1.82, 2.24) is 24.9 Å². The van der Waals surface area contributed by atoms with Gasteiger partial charge in [-0.15, -0.1) is 10.2 Å². The van der Waals surface area contributed by atoms with Crippen molar-refractivity contribution >= 4 is 17.5 Å². The van der Waals surface area contributed by atoms with Gasteiger partial charge in [-0.1, -0.05) is 25.1 Å². The van der Waals surface area contributed by atoms with Crippen molar-refractivity contribution < 1.29 is 4.79 Å². The Balaban J connectivity index is 1.35. The van der Waals surface area contributed by atoms with Crippen LogP contribution in [0.25, 0.3) is 5.82 Å². The van der Waals surface area contributed by atoms with E-state index in [0.717, 1.165) is 42.3 Å². The van der Waals surface area contributed by atoms with E-state index < -0.39 is 0 Å². The first kappa shape index (κ1) is 18.9. The van der Waals surface area contributed by atoms with E-state index in [-0.39, 0.29) is 6.03 Å². The lowest BCUT2D eigenvalue weighted by Crippen LogP contribution is -2.50. The Morgan fingerprint density at radius 1 is 1.00 bits per heavy atom. The zero-order valence-corrected chi connectivity index (χ0v) is 16.7. The van der Waals surface area contributed by atoms with E-state index in [9.17, 15) is 4.79 Å². The lowest BCUT2D eigenvalue weighted by molar-refractivity contribution is 0.208. The minimum atomic E-state index is -0.0546. The van der Waals surface area contributed by atoms with Crippen LogP contribution < -0.4 is 10.2 Å². The third kappa shape index (κ3) is 4.21. The van der Waals surface area contributed by atoms with Gasteiger partial charge in [0, 0.05) is 38.1 Å². The fourth-order valence-electron chi connectivity index (χ4n) is 3.44. The van der Waals surface area contributed by atoms with Crippen molar-refractivity contribution in [3.63, 3.8) is 0 Å². The third-order valence-corrected chi connectivity index (χ3v) is 5.12. The Hall–Kier alpha value is -3.42. The molecule has 1 N–H and O–H groups in total. The fourth-order valence-corrected chi connectivity index (χ4v) is 3.44. The Morgan fingerprint density at radius 3 is 2.38 bits per heavy atom. The molecule has 0 aliphatic carbocycles. The molecule has 1 fully saturated rings. The molecular formula is C21H25N7O. The number of aromatic nitrogens is 4. The molecule has 1 aliphatic heterocycles. The van der Waals surface area contributed by atoms with Gasteiger partial charge in [0.15, 0.2) is 11.6 Å². The van der Waals surface area contributed by atoms with E-state index in [1.807, 2.05) is 60.5 Å². The van der Waals surface area contributed by atoms with Gasteiger partial charge in [-0.05, 0) is 43.2 Å². The smallest absolute Gasteiger partial charge is 0.321 e. The van der Waals surface area contributed by atoms with Crippen LogP contribution in [0.2, 0.25) is 0 Å². The summed E-state index contributed by atoms with van der Waals surface area (Å²) in [5.74, 6) is 1.50. The first-order chi connectivity index (χ1) is 14.1. The van der Waals surface area contributed by atoms with Gasteiger partial charge >= 0.3 is 6.03 Å². The van der Waals surface area contributed by atoms with Crippen LogP contribution in [0.15, 0.2) is 48.7 Å². The molecule has 29 heavy (non-hydrogen) atoms. The molecule has 8 nitrogen and oxygen atoms in total. The number of para-hydroxylation sites is 1. The maximum atomic E-state index is 12.6. The molecule has 3 aromatic rings. The summed E-state index contributed by atoms with van der Waals surface area (Å²) in [6, 6.07) is 13.7. The monoisotopic (exact) mass is 391 g/mol. The Bertz CT molecular complexity index is 975. The van der Waals surface area contributed by atoms with Gasteiger partial charge in [0.05, 0.1) is 5.69 Å². The number of anilines is 2. The fraction of sp³-hybridized carbons (Fsp3) is 0.333. The highest BCUT2D eigenvalue weighted by atomic mass is 16.2. The molecule has 0 saturated carbocycles. The van der Waals surface area contributed by atoms with Crippen LogP contribution in [0.3, 0.4) is 0 Å². The number of urea groups is 1. The number of aryl methyl sites for hydroxylation is 2. The molecule has 8 heteroatoms. The number of amides is 2. The maximum absolute atomic E-state index is 12.6. The van der Waals surface area contributed by atoms with E-state index in [2.05, 4.69) is 32.4 Å². The van der Waals surface area contributed by atoms with E-state index in [0.29, 0.717) is 18.9 Å². The predicted molar refractivity (Wildman–Crippen MR) is 113 cm³/mol. The summed E-state index contributed by atoms with van der Waals surface area (Å²) < 4.78 is 1.71. The highest BCUT2D eigenvalue weighted by Crippen LogP contribution is 2.18. The van der Waals surface area contributed by atoms with E-state index in [1.54, 1.807) is 4.68 Å². The standard InChI is InChI=1S/C21H25N7O/c1-3-17-6-4-5-7-18(17)22-21(29)27-14-12-26(13-15-27)19-8-9-20(24-23-19)28-11-10-16(2)25-28/h4-11H,3,12-15H2,1-2H3,(H,22,29). The molecule has 0 atom stereocenters. The molecule has 3 heterocycles. The summed E-state index contributed by atoms with van der Waals surface area (Å²) >= 11 is 0. The lowest BCUT2D eigenvalue weighted by Gasteiger charge is -2.35. The number of hydrogen-bond donors (Lipinski definition) is 1. The minimum Gasteiger partial charge on any atom is -0.352 e. The molecular weight excluding hydrogens is 366 g/mol. The van der Waals surface area contributed by atoms with Crippen molar-refractivity contribution in [3.8, 4) is 5.82 Å². The zero-order chi connectivity index (χ0) is 20.2. The second-order valence-electron chi connectivity index (χ2n) is 7.07. The number of piperazine rings is 1. The van der Waals surface area contributed by atoms with Crippen molar-refractivity contribution in [2.75, 3.05) is 36.4 Å². The average Bonchev–Trinajstić information content (AvgIpc) is 3.20. The van der Waals surface area contributed by atoms with Crippen LogP contribution in [0, 0.1) is 6.92 Å². The molecule has 1 aliphatic rings. The number of carbonyl (C=O) groups excluding carboxylic acids is 1. The van der Waals surface area contributed by atoms with E-state index >= 15 is 0 Å². The van der Waals surface area contributed by atoms with Crippen LogP contribution >= 0.6 is 0 Å². The van der Waals surface area contributed by atoms with Gasteiger partial charge in [-0.2, -0.15) is 5.10 Å². The number of nitrogens with zero attached hydrogens (tertiary/aromatic N) is 6. The summed E-state index contributed by atoms with van der Waals surface area (Å²) in [6.07, 6.45) is 2.75. The second-order valence-corrected chi connectivity index (χ2v) is 7.07. The quantitative estimate of drug-likeness (QED) is 0.740. The topological polar surface area (TPSA) is 79.2 Å². The summed E-state index contributed by atoms with van der Waals surface area (Å²) in [7, 11) is 0. The van der Waals surface area contributed by atoms with E-state index in [1.165, 1.54) is 0 Å². The average molecular weight is 391 g/mol. The van der Waals surface area contributed by atoms with Crippen LogP contribution in [-0.2, 0) is 6.42 Å². The highest BCUT2D eigenvalue weighted by molar-refractivity contribution is 5.90. The number of benzene rings is 1. The predicted octanol–water partition coefficient (Wildman–Crippen LogP) is 2.89. The third-order valence-electron chi connectivity index (χ3n) is 5.12. The number of rotatable bonds is 4. The minimum absolute atomic E-state index is 0.0546. The molecule has 1 saturated heterocycles. The zero-order valence-electron chi connectivity index (χ0n) is 16.7. The van der Waals surface area contributed by atoms with Crippen LogP contribution in [0.4, 0.5) is 16.3 Å². The SMILES string of the molecule is CCc1ccccc1NC(=O)N1CCN(c2ccc(-n3ccc(C)n3)nn2)CC1. The Labute approximate surface area is 170 Å². The molecule has 0 bridgehead atoms. The number of carbonyl (C=O) groups is 1. The first-order valence-corrected chi connectivity index (χ1v) is 9.89. The number of nitrogens with one attached hydrogen (secondary N) is 1.